The molecule has 0 atom stereocenters. The Balaban J connectivity index is 2.52. The van der Waals surface area contributed by atoms with Gasteiger partial charge in [-0.1, -0.05) is 23.2 Å². The number of hydrogen-bond acceptors (Lipinski definition) is 4. The van der Waals surface area contributed by atoms with Gasteiger partial charge in [0.25, 0.3) is 0 Å². The summed E-state index contributed by atoms with van der Waals surface area (Å²) in [5.41, 5.74) is 1.62. The fourth-order valence-electron chi connectivity index (χ4n) is 1.07. The van der Waals surface area contributed by atoms with Gasteiger partial charge < -0.3 is 0 Å². The highest BCUT2D eigenvalue weighted by Crippen LogP contribution is 2.22. The van der Waals surface area contributed by atoms with E-state index in [0.29, 0.717) is 27.5 Å². The molecule has 2 aromatic rings. The maximum atomic E-state index is 5.91. The van der Waals surface area contributed by atoms with Gasteiger partial charge in [-0.3, -0.25) is 0 Å². The first-order valence-corrected chi connectivity index (χ1v) is 5.32. The van der Waals surface area contributed by atoms with Crippen LogP contribution >= 0.6 is 23.2 Å². The smallest absolute Gasteiger partial charge is 0.200 e. The molecule has 0 aromatic carbocycles. The van der Waals surface area contributed by atoms with E-state index in [-0.39, 0.29) is 0 Å². The minimum Gasteiger partial charge on any atom is -0.234 e. The summed E-state index contributed by atoms with van der Waals surface area (Å²) in [6, 6.07) is 0. The molecule has 0 unspecified atom stereocenters. The Morgan fingerprint density at radius 2 is 1.38 bits per heavy atom. The molecule has 0 aliphatic carbocycles. The summed E-state index contributed by atoms with van der Waals surface area (Å²) in [6.45, 7) is 3.66. The average molecular weight is 255 g/mol. The molecule has 0 radical (unpaired) electrons. The number of aromatic nitrogens is 4. The van der Waals surface area contributed by atoms with Gasteiger partial charge in [0.15, 0.2) is 5.82 Å². The van der Waals surface area contributed by atoms with Crippen LogP contribution in [-0.4, -0.2) is 19.9 Å². The molecule has 0 N–H and O–H groups in total. The number of hydrogen-bond donors (Lipinski definition) is 0. The van der Waals surface area contributed by atoms with Crippen LogP contribution in [0.2, 0.25) is 10.3 Å². The molecule has 6 heteroatoms. The molecule has 0 aliphatic rings. The lowest BCUT2D eigenvalue weighted by Crippen LogP contribution is -1.98. The second-order valence-electron chi connectivity index (χ2n) is 3.34. The fourth-order valence-corrected chi connectivity index (χ4v) is 1.46. The maximum Gasteiger partial charge on any atom is 0.200 e. The van der Waals surface area contributed by atoms with E-state index in [9.17, 15) is 0 Å². The van der Waals surface area contributed by atoms with Crippen molar-refractivity contribution in [3.05, 3.63) is 33.8 Å². The van der Waals surface area contributed by atoms with Crippen molar-refractivity contribution in [2.24, 2.45) is 0 Å². The van der Waals surface area contributed by atoms with E-state index in [1.165, 1.54) is 0 Å². The minimum atomic E-state index is 0.319. The molecule has 0 amide bonds. The molecular formula is C10H8Cl2N4. The molecule has 2 aromatic heterocycles. The number of aryl methyl sites for hydroxylation is 1. The first-order valence-electron chi connectivity index (χ1n) is 4.56. The highest BCUT2D eigenvalue weighted by molar-refractivity contribution is 6.34. The lowest BCUT2D eigenvalue weighted by molar-refractivity contribution is 1.05. The Kier molecular flexibility index (Phi) is 3.03. The lowest BCUT2D eigenvalue weighted by Gasteiger charge is -2.03. The largest absolute Gasteiger partial charge is 0.234 e. The van der Waals surface area contributed by atoms with Crippen LogP contribution in [-0.2, 0) is 0 Å². The summed E-state index contributed by atoms with van der Waals surface area (Å²) in [6.07, 6.45) is 3.38. The molecular weight excluding hydrogens is 247 g/mol. The topological polar surface area (TPSA) is 51.6 Å². The molecule has 0 fully saturated rings. The molecule has 0 aliphatic heterocycles. The van der Waals surface area contributed by atoms with Crippen LogP contribution < -0.4 is 0 Å². The van der Waals surface area contributed by atoms with Crippen LogP contribution in [0.1, 0.15) is 11.1 Å². The van der Waals surface area contributed by atoms with Crippen molar-refractivity contribution >= 4 is 23.2 Å². The minimum absolute atomic E-state index is 0.319. The Labute approximate surface area is 103 Å². The number of rotatable bonds is 1. The van der Waals surface area contributed by atoms with Gasteiger partial charge in [0.1, 0.15) is 10.3 Å². The molecule has 2 rings (SSSR count). The predicted molar refractivity (Wildman–Crippen MR) is 62.6 cm³/mol. The predicted octanol–water partition coefficient (Wildman–Crippen LogP) is 2.86. The fraction of sp³-hybridized carbons (Fsp3) is 0.200. The average Bonchev–Trinajstić information content (AvgIpc) is 2.26. The maximum absolute atomic E-state index is 5.91. The SMILES string of the molecule is Cc1cnc(-c2nc(Cl)c(C)c(Cl)n2)nc1. The van der Waals surface area contributed by atoms with E-state index in [4.69, 9.17) is 23.2 Å². The van der Waals surface area contributed by atoms with E-state index >= 15 is 0 Å². The van der Waals surface area contributed by atoms with Gasteiger partial charge in [0.2, 0.25) is 5.82 Å². The summed E-state index contributed by atoms with van der Waals surface area (Å²) in [4.78, 5) is 16.4. The molecule has 0 spiro atoms. The molecule has 0 saturated carbocycles. The second-order valence-corrected chi connectivity index (χ2v) is 4.05. The Hall–Kier alpha value is -1.26. The van der Waals surface area contributed by atoms with Gasteiger partial charge in [0, 0.05) is 18.0 Å². The van der Waals surface area contributed by atoms with E-state index < -0.39 is 0 Å². The third kappa shape index (κ3) is 2.13. The van der Waals surface area contributed by atoms with E-state index in [2.05, 4.69) is 19.9 Å². The van der Waals surface area contributed by atoms with Crippen molar-refractivity contribution in [3.63, 3.8) is 0 Å². The van der Waals surface area contributed by atoms with Gasteiger partial charge in [-0.15, -0.1) is 0 Å². The van der Waals surface area contributed by atoms with Crippen LogP contribution in [0.5, 0.6) is 0 Å². The summed E-state index contributed by atoms with van der Waals surface area (Å²) in [5.74, 6) is 0.745. The van der Waals surface area contributed by atoms with Crippen molar-refractivity contribution < 1.29 is 0 Å². The third-order valence-electron chi connectivity index (χ3n) is 2.01. The van der Waals surface area contributed by atoms with Gasteiger partial charge in [-0.2, -0.15) is 0 Å². The Bertz CT molecular complexity index is 502. The van der Waals surface area contributed by atoms with Crippen LogP contribution in [0.15, 0.2) is 12.4 Å². The van der Waals surface area contributed by atoms with Gasteiger partial charge >= 0.3 is 0 Å². The molecule has 16 heavy (non-hydrogen) atoms. The van der Waals surface area contributed by atoms with Gasteiger partial charge in [0.05, 0.1) is 0 Å². The summed E-state index contributed by atoms with van der Waals surface area (Å²) in [5, 5.41) is 0.637. The zero-order valence-electron chi connectivity index (χ0n) is 8.70. The molecule has 0 bridgehead atoms. The molecule has 0 saturated heterocycles. The molecule has 82 valence electrons. The molecule has 4 nitrogen and oxygen atoms in total. The first-order chi connectivity index (χ1) is 7.58. The van der Waals surface area contributed by atoms with Crippen LogP contribution in [0.4, 0.5) is 0 Å². The van der Waals surface area contributed by atoms with Crippen molar-refractivity contribution in [2.75, 3.05) is 0 Å². The number of halogens is 2. The van der Waals surface area contributed by atoms with Gasteiger partial charge in [-0.25, -0.2) is 19.9 Å². The van der Waals surface area contributed by atoms with E-state index in [1.54, 1.807) is 19.3 Å². The third-order valence-corrected chi connectivity index (χ3v) is 2.74. The van der Waals surface area contributed by atoms with Crippen LogP contribution in [0.25, 0.3) is 11.6 Å². The summed E-state index contributed by atoms with van der Waals surface area (Å²) < 4.78 is 0. The standard InChI is InChI=1S/C10H8Cl2N4/c1-5-3-13-9(14-4-5)10-15-7(11)6(2)8(12)16-10/h3-4H,1-2H3. The Morgan fingerprint density at radius 1 is 0.875 bits per heavy atom. The zero-order chi connectivity index (χ0) is 11.7. The van der Waals surface area contributed by atoms with Crippen LogP contribution in [0.3, 0.4) is 0 Å². The normalized spacial score (nSPS) is 10.5. The summed E-state index contributed by atoms with van der Waals surface area (Å²) >= 11 is 11.8. The quantitative estimate of drug-likeness (QED) is 0.735. The Morgan fingerprint density at radius 3 is 1.88 bits per heavy atom. The highest BCUT2D eigenvalue weighted by Gasteiger charge is 2.10. The first kappa shape index (κ1) is 11.2. The highest BCUT2D eigenvalue weighted by atomic mass is 35.5. The lowest BCUT2D eigenvalue weighted by atomic mass is 10.3. The molecule has 2 heterocycles. The summed E-state index contributed by atoms with van der Waals surface area (Å²) in [7, 11) is 0. The zero-order valence-corrected chi connectivity index (χ0v) is 10.2. The van der Waals surface area contributed by atoms with E-state index in [0.717, 1.165) is 5.56 Å². The number of nitrogens with zero attached hydrogens (tertiary/aromatic N) is 4. The van der Waals surface area contributed by atoms with Gasteiger partial charge in [-0.05, 0) is 19.4 Å². The van der Waals surface area contributed by atoms with Crippen molar-refractivity contribution in [1.82, 2.24) is 19.9 Å². The second kappa shape index (κ2) is 4.31. The van der Waals surface area contributed by atoms with Crippen molar-refractivity contribution in [1.29, 1.82) is 0 Å². The van der Waals surface area contributed by atoms with Crippen molar-refractivity contribution in [3.8, 4) is 11.6 Å². The van der Waals surface area contributed by atoms with Crippen molar-refractivity contribution in [2.45, 2.75) is 13.8 Å². The van der Waals surface area contributed by atoms with Crippen LogP contribution in [0, 0.1) is 13.8 Å². The monoisotopic (exact) mass is 254 g/mol. The van der Waals surface area contributed by atoms with E-state index in [1.807, 2.05) is 6.92 Å².